The number of furan rings is 1. The molecule has 0 aliphatic rings. The van der Waals surface area contributed by atoms with Crippen LogP contribution >= 0.6 is 11.3 Å². The van der Waals surface area contributed by atoms with Gasteiger partial charge in [0, 0.05) is 33.0 Å². The van der Waals surface area contributed by atoms with Crippen LogP contribution < -0.4 is 0 Å². The molecule has 216 valence electrons. The highest BCUT2D eigenvalue weighted by Crippen LogP contribution is 2.37. The number of benzene rings is 6. The summed E-state index contributed by atoms with van der Waals surface area (Å²) in [6, 6.07) is 49.4. The van der Waals surface area contributed by atoms with Crippen molar-refractivity contribution in [3.05, 3.63) is 146 Å². The SMILES string of the molecule is c1ccc(-c2ccc(-c3nc4cc(-c5nc(-c6ccccc6)nc(-c6cccc7oc8ccccc8c67)n5)ccc4s3)cc2)cc1. The molecule has 46 heavy (non-hydrogen) atoms. The monoisotopic (exact) mass is 608 g/mol. The Morgan fingerprint density at radius 1 is 0.435 bits per heavy atom. The van der Waals surface area contributed by atoms with Gasteiger partial charge in [0.2, 0.25) is 0 Å². The summed E-state index contributed by atoms with van der Waals surface area (Å²) in [5.41, 5.74) is 8.74. The second kappa shape index (κ2) is 10.9. The number of rotatable bonds is 5. The summed E-state index contributed by atoms with van der Waals surface area (Å²) in [6.45, 7) is 0. The van der Waals surface area contributed by atoms with Gasteiger partial charge in [-0.25, -0.2) is 19.9 Å². The lowest BCUT2D eigenvalue weighted by Gasteiger charge is -2.09. The number of aromatic nitrogens is 4. The van der Waals surface area contributed by atoms with E-state index in [0.717, 1.165) is 59.4 Å². The highest BCUT2D eigenvalue weighted by molar-refractivity contribution is 7.21. The van der Waals surface area contributed by atoms with Crippen LogP contribution in [-0.4, -0.2) is 19.9 Å². The minimum atomic E-state index is 0.595. The van der Waals surface area contributed by atoms with Crippen LogP contribution in [0.4, 0.5) is 0 Å². The standard InChI is InChI=1S/C40H24N4OS/c1-3-10-25(11-4-1)26-18-20-28(21-19-26)40-41-32-24-29(22-23-35(32)46-40)38-42-37(27-12-5-2-6-13-27)43-39(44-38)31-15-9-17-34-36(31)30-14-7-8-16-33(30)45-34/h1-24H. The molecule has 0 N–H and O–H groups in total. The van der Waals surface area contributed by atoms with E-state index in [2.05, 4.69) is 78.9 Å². The molecule has 0 spiro atoms. The van der Waals surface area contributed by atoms with Crippen molar-refractivity contribution < 1.29 is 4.42 Å². The first kappa shape index (κ1) is 26.4. The zero-order valence-corrected chi connectivity index (χ0v) is 25.3. The van der Waals surface area contributed by atoms with Gasteiger partial charge >= 0.3 is 0 Å². The van der Waals surface area contributed by atoms with E-state index in [0.29, 0.717) is 17.5 Å². The van der Waals surface area contributed by atoms with Crippen LogP contribution in [0.2, 0.25) is 0 Å². The number of hydrogen-bond acceptors (Lipinski definition) is 6. The van der Waals surface area contributed by atoms with Crippen molar-refractivity contribution in [2.45, 2.75) is 0 Å². The van der Waals surface area contributed by atoms with E-state index in [4.69, 9.17) is 24.4 Å². The van der Waals surface area contributed by atoms with Gasteiger partial charge in [-0.05, 0) is 41.5 Å². The van der Waals surface area contributed by atoms with Crippen molar-refractivity contribution in [2.24, 2.45) is 0 Å². The third-order valence-electron chi connectivity index (χ3n) is 8.20. The van der Waals surface area contributed by atoms with Crippen LogP contribution in [0.25, 0.3) is 88.0 Å². The third kappa shape index (κ3) is 4.64. The summed E-state index contributed by atoms with van der Waals surface area (Å²) >= 11 is 1.68. The van der Waals surface area contributed by atoms with E-state index >= 15 is 0 Å². The molecule has 0 fully saturated rings. The molecule has 0 amide bonds. The first-order chi connectivity index (χ1) is 22.8. The van der Waals surface area contributed by atoms with Gasteiger partial charge in [-0.15, -0.1) is 11.3 Å². The zero-order valence-electron chi connectivity index (χ0n) is 24.5. The fourth-order valence-electron chi connectivity index (χ4n) is 5.93. The van der Waals surface area contributed by atoms with Gasteiger partial charge in [0.15, 0.2) is 17.5 Å². The molecule has 0 bridgehead atoms. The highest BCUT2D eigenvalue weighted by atomic mass is 32.1. The van der Waals surface area contributed by atoms with Crippen molar-refractivity contribution in [1.29, 1.82) is 0 Å². The molecule has 3 heterocycles. The van der Waals surface area contributed by atoms with Gasteiger partial charge in [-0.1, -0.05) is 115 Å². The summed E-state index contributed by atoms with van der Waals surface area (Å²) in [5, 5.41) is 3.00. The van der Waals surface area contributed by atoms with Crippen molar-refractivity contribution in [3.63, 3.8) is 0 Å². The number of thiazole rings is 1. The van der Waals surface area contributed by atoms with Crippen molar-refractivity contribution in [2.75, 3.05) is 0 Å². The molecular formula is C40H24N4OS. The van der Waals surface area contributed by atoms with Crippen molar-refractivity contribution in [1.82, 2.24) is 19.9 Å². The molecule has 9 aromatic rings. The summed E-state index contributed by atoms with van der Waals surface area (Å²) in [5.74, 6) is 1.80. The topological polar surface area (TPSA) is 64.7 Å². The molecule has 6 heteroatoms. The van der Waals surface area contributed by atoms with E-state index in [1.165, 1.54) is 11.1 Å². The maximum absolute atomic E-state index is 6.18. The van der Waals surface area contributed by atoms with Crippen molar-refractivity contribution in [3.8, 4) is 55.9 Å². The Balaban J connectivity index is 1.16. The van der Waals surface area contributed by atoms with Gasteiger partial charge < -0.3 is 4.42 Å². The number of para-hydroxylation sites is 1. The quantitative estimate of drug-likeness (QED) is 0.194. The Morgan fingerprint density at radius 2 is 1.04 bits per heavy atom. The average molecular weight is 609 g/mol. The fraction of sp³-hybridized carbons (Fsp3) is 0. The molecule has 0 aliphatic carbocycles. The maximum Gasteiger partial charge on any atom is 0.164 e. The summed E-state index contributed by atoms with van der Waals surface area (Å²) in [7, 11) is 0. The van der Waals surface area contributed by atoms with Crippen LogP contribution in [-0.2, 0) is 0 Å². The molecule has 9 rings (SSSR count). The molecule has 0 aliphatic heterocycles. The van der Waals surface area contributed by atoms with Crippen LogP contribution in [0, 0.1) is 0 Å². The lowest BCUT2D eigenvalue weighted by Crippen LogP contribution is -2.00. The lowest BCUT2D eigenvalue weighted by atomic mass is 10.0. The first-order valence-electron chi connectivity index (χ1n) is 15.1. The minimum Gasteiger partial charge on any atom is -0.456 e. The summed E-state index contributed by atoms with van der Waals surface area (Å²) < 4.78 is 7.29. The second-order valence-electron chi connectivity index (χ2n) is 11.1. The van der Waals surface area contributed by atoms with Gasteiger partial charge in [0.25, 0.3) is 0 Å². The third-order valence-corrected chi connectivity index (χ3v) is 9.28. The van der Waals surface area contributed by atoms with E-state index in [9.17, 15) is 0 Å². The predicted molar refractivity (Wildman–Crippen MR) is 187 cm³/mol. The molecule has 0 saturated heterocycles. The van der Waals surface area contributed by atoms with E-state index in [1.54, 1.807) is 11.3 Å². The summed E-state index contributed by atoms with van der Waals surface area (Å²) in [4.78, 5) is 20.1. The Labute approximate surface area is 268 Å². The van der Waals surface area contributed by atoms with Crippen LogP contribution in [0.15, 0.2) is 150 Å². The fourth-order valence-corrected chi connectivity index (χ4v) is 6.88. The Kier molecular flexibility index (Phi) is 6.25. The molecule has 3 aromatic heterocycles. The van der Waals surface area contributed by atoms with Gasteiger partial charge in [-0.3, -0.25) is 0 Å². The van der Waals surface area contributed by atoms with E-state index in [-0.39, 0.29) is 0 Å². The molecule has 6 aromatic carbocycles. The van der Waals surface area contributed by atoms with Gasteiger partial charge in [0.1, 0.15) is 16.2 Å². The van der Waals surface area contributed by atoms with E-state index in [1.807, 2.05) is 66.7 Å². The van der Waals surface area contributed by atoms with Crippen LogP contribution in [0.5, 0.6) is 0 Å². The summed E-state index contributed by atoms with van der Waals surface area (Å²) in [6.07, 6.45) is 0. The first-order valence-corrected chi connectivity index (χ1v) is 15.9. The Hall–Kier alpha value is -5.98. The van der Waals surface area contributed by atoms with Crippen LogP contribution in [0.3, 0.4) is 0 Å². The lowest BCUT2D eigenvalue weighted by molar-refractivity contribution is 0.669. The highest BCUT2D eigenvalue weighted by Gasteiger charge is 2.18. The smallest absolute Gasteiger partial charge is 0.164 e. The number of hydrogen-bond donors (Lipinski definition) is 0. The molecule has 5 nitrogen and oxygen atoms in total. The second-order valence-corrected chi connectivity index (χ2v) is 12.1. The normalized spacial score (nSPS) is 11.5. The van der Waals surface area contributed by atoms with Gasteiger partial charge in [-0.2, -0.15) is 0 Å². The van der Waals surface area contributed by atoms with E-state index < -0.39 is 0 Å². The predicted octanol–water partition coefficient (Wildman–Crippen LogP) is 10.7. The van der Waals surface area contributed by atoms with Crippen molar-refractivity contribution >= 4 is 43.5 Å². The average Bonchev–Trinajstić information content (AvgIpc) is 3.74. The Morgan fingerprint density at radius 3 is 1.85 bits per heavy atom. The maximum atomic E-state index is 6.18. The number of fused-ring (bicyclic) bond motifs is 4. The molecule has 0 radical (unpaired) electrons. The molecule has 0 unspecified atom stereocenters. The zero-order chi connectivity index (χ0) is 30.5. The minimum absolute atomic E-state index is 0.595. The molecular weight excluding hydrogens is 585 g/mol. The largest absolute Gasteiger partial charge is 0.456 e. The van der Waals surface area contributed by atoms with Gasteiger partial charge in [0.05, 0.1) is 10.2 Å². The number of nitrogens with zero attached hydrogens (tertiary/aromatic N) is 4. The van der Waals surface area contributed by atoms with Crippen LogP contribution in [0.1, 0.15) is 0 Å². The Bertz CT molecular complexity index is 2520. The molecule has 0 saturated carbocycles. The molecule has 0 atom stereocenters.